The molecule has 8 nitrogen and oxygen atoms in total. The molecule has 0 aromatic rings. The average molecular weight is 334 g/mol. The molecule has 0 aromatic carbocycles. The van der Waals surface area contributed by atoms with Crippen LogP contribution in [0.3, 0.4) is 0 Å². The summed E-state index contributed by atoms with van der Waals surface area (Å²) in [5.41, 5.74) is 0.542. The van der Waals surface area contributed by atoms with E-state index < -0.39 is 0 Å². The summed E-state index contributed by atoms with van der Waals surface area (Å²) in [5.74, 6) is 4.83. The Bertz CT molecular complexity index is 599. The van der Waals surface area contributed by atoms with Crippen molar-refractivity contribution in [3.63, 3.8) is 0 Å². The predicted octanol–water partition coefficient (Wildman–Crippen LogP) is -0.745. The number of hydrogen-bond acceptors (Lipinski definition) is 5. The number of amides is 3. The molecule has 2 unspecified atom stereocenters. The minimum Gasteiger partial charge on any atom is -0.380 e. The Balaban J connectivity index is 1.66. The maximum Gasteiger partial charge on any atom is 0.295 e. The fourth-order valence-corrected chi connectivity index (χ4v) is 2.36. The molecule has 0 spiro atoms. The lowest BCUT2D eigenvalue weighted by molar-refractivity contribution is -0.127. The van der Waals surface area contributed by atoms with Crippen molar-refractivity contribution in [2.75, 3.05) is 26.8 Å². The number of nitrogens with zero attached hydrogens (tertiary/aromatic N) is 2. The first-order valence-electron chi connectivity index (χ1n) is 7.93. The third-order valence-electron chi connectivity index (χ3n) is 3.67. The van der Waals surface area contributed by atoms with E-state index in [1.54, 1.807) is 14.0 Å². The number of nitrogens with one attached hydrogen (secondary N) is 2. The fraction of sp³-hybridized carbons (Fsp3) is 0.625. The van der Waals surface area contributed by atoms with Crippen LogP contribution in [0.1, 0.15) is 26.2 Å². The lowest BCUT2D eigenvalue weighted by Crippen LogP contribution is -2.42. The largest absolute Gasteiger partial charge is 0.380 e. The van der Waals surface area contributed by atoms with Crippen LogP contribution in [0.15, 0.2) is 5.10 Å². The lowest BCUT2D eigenvalue weighted by atomic mass is 10.1. The Kier molecular flexibility index (Phi) is 6.32. The Morgan fingerprint density at radius 2 is 2.29 bits per heavy atom. The van der Waals surface area contributed by atoms with Crippen molar-refractivity contribution in [2.24, 2.45) is 11.0 Å². The van der Waals surface area contributed by atoms with E-state index in [0.29, 0.717) is 18.9 Å². The summed E-state index contributed by atoms with van der Waals surface area (Å²) in [7, 11) is 1.56. The van der Waals surface area contributed by atoms with Crippen LogP contribution in [-0.4, -0.2) is 61.3 Å². The number of carbonyl (C=O) groups is 3. The Labute approximate surface area is 141 Å². The first-order valence-corrected chi connectivity index (χ1v) is 7.93. The molecule has 2 aliphatic heterocycles. The summed E-state index contributed by atoms with van der Waals surface area (Å²) in [6.45, 7) is 3.33. The van der Waals surface area contributed by atoms with Crippen molar-refractivity contribution >= 4 is 23.4 Å². The molecule has 3 amide bonds. The highest BCUT2D eigenvalue weighted by molar-refractivity contribution is 6.11. The van der Waals surface area contributed by atoms with Gasteiger partial charge in [-0.2, -0.15) is 5.10 Å². The molecular formula is C16H22N4O4. The van der Waals surface area contributed by atoms with Gasteiger partial charge in [0.25, 0.3) is 5.91 Å². The highest BCUT2D eigenvalue weighted by atomic mass is 16.5. The topological polar surface area (TPSA) is 100 Å². The van der Waals surface area contributed by atoms with Crippen LogP contribution in [-0.2, 0) is 19.1 Å². The smallest absolute Gasteiger partial charge is 0.295 e. The predicted molar refractivity (Wildman–Crippen MR) is 86.8 cm³/mol. The van der Waals surface area contributed by atoms with Gasteiger partial charge in [-0.05, 0) is 19.3 Å². The van der Waals surface area contributed by atoms with E-state index >= 15 is 0 Å². The van der Waals surface area contributed by atoms with Gasteiger partial charge >= 0.3 is 0 Å². The molecule has 2 N–H and O–H groups in total. The summed E-state index contributed by atoms with van der Waals surface area (Å²) in [4.78, 5) is 34.9. The number of hydrogen-bond donors (Lipinski definition) is 2. The van der Waals surface area contributed by atoms with Crippen molar-refractivity contribution in [2.45, 2.75) is 32.2 Å². The summed E-state index contributed by atoms with van der Waals surface area (Å²) < 4.78 is 5.18. The first kappa shape index (κ1) is 17.9. The van der Waals surface area contributed by atoms with E-state index in [-0.39, 0.29) is 49.1 Å². The van der Waals surface area contributed by atoms with Crippen LogP contribution >= 0.6 is 0 Å². The molecule has 0 aliphatic carbocycles. The summed E-state index contributed by atoms with van der Waals surface area (Å²) in [5, 5.41) is 10.6. The molecule has 2 aliphatic rings. The second-order valence-corrected chi connectivity index (χ2v) is 5.95. The van der Waals surface area contributed by atoms with Gasteiger partial charge in [0, 0.05) is 32.2 Å². The maximum absolute atomic E-state index is 11.9. The van der Waals surface area contributed by atoms with Crippen molar-refractivity contribution < 1.29 is 19.1 Å². The van der Waals surface area contributed by atoms with Crippen LogP contribution in [0.25, 0.3) is 0 Å². The fourth-order valence-electron chi connectivity index (χ4n) is 2.36. The summed E-state index contributed by atoms with van der Waals surface area (Å²) in [6.07, 6.45) is 1.11. The normalized spacial score (nSPS) is 20.9. The maximum atomic E-state index is 11.9. The Hall–Kier alpha value is -2.40. The van der Waals surface area contributed by atoms with Crippen molar-refractivity contribution in [1.82, 2.24) is 15.6 Å². The molecule has 0 bridgehead atoms. The first-order chi connectivity index (χ1) is 11.4. The van der Waals surface area contributed by atoms with E-state index in [0.717, 1.165) is 6.42 Å². The Morgan fingerprint density at radius 1 is 1.50 bits per heavy atom. The number of rotatable bonds is 5. The molecule has 2 atom stereocenters. The zero-order valence-electron chi connectivity index (χ0n) is 13.9. The van der Waals surface area contributed by atoms with Gasteiger partial charge in [0.1, 0.15) is 0 Å². The van der Waals surface area contributed by atoms with Crippen molar-refractivity contribution in [3.8, 4) is 11.8 Å². The molecule has 8 heteroatoms. The van der Waals surface area contributed by atoms with E-state index in [1.165, 1.54) is 5.01 Å². The molecule has 0 radical (unpaired) electrons. The zero-order chi connectivity index (χ0) is 17.5. The lowest BCUT2D eigenvalue weighted by Gasteiger charge is -2.13. The average Bonchev–Trinajstić information content (AvgIpc) is 3.13. The summed E-state index contributed by atoms with van der Waals surface area (Å²) >= 11 is 0. The van der Waals surface area contributed by atoms with E-state index in [2.05, 4.69) is 27.6 Å². The second kappa shape index (κ2) is 8.45. The van der Waals surface area contributed by atoms with Crippen LogP contribution < -0.4 is 10.6 Å². The molecule has 2 rings (SSSR count). The highest BCUT2D eigenvalue weighted by Crippen LogP contribution is 2.10. The third-order valence-corrected chi connectivity index (χ3v) is 3.67. The highest BCUT2D eigenvalue weighted by Gasteiger charge is 2.22. The van der Waals surface area contributed by atoms with Gasteiger partial charge in [-0.15, -0.1) is 0 Å². The van der Waals surface area contributed by atoms with Crippen LogP contribution in [0.4, 0.5) is 0 Å². The van der Waals surface area contributed by atoms with E-state index in [4.69, 9.17) is 4.74 Å². The van der Waals surface area contributed by atoms with Crippen molar-refractivity contribution in [3.05, 3.63) is 0 Å². The van der Waals surface area contributed by atoms with Gasteiger partial charge < -0.3 is 15.4 Å². The quantitative estimate of drug-likeness (QED) is 0.647. The summed E-state index contributed by atoms with van der Waals surface area (Å²) in [6, 6.07) is -0.242. The molecular weight excluding hydrogens is 312 g/mol. The second-order valence-electron chi connectivity index (χ2n) is 5.95. The SMILES string of the molecule is CC(CNC(=O)C#CC1CCOC1)NC(=O)CC1=NN(C)C(=O)C1. The molecule has 24 heavy (non-hydrogen) atoms. The third kappa shape index (κ3) is 5.66. The standard InChI is InChI=1S/C16H22N4O4/c1-11(9-17-14(21)4-3-12-5-6-24-10-12)18-15(22)7-13-8-16(23)20(2)19-13/h11-12H,5-10H2,1-2H3,(H,17,21)(H,18,22). The molecule has 130 valence electrons. The van der Waals surface area contributed by atoms with Gasteiger partial charge in [0.05, 0.1) is 25.2 Å². The zero-order valence-corrected chi connectivity index (χ0v) is 13.9. The molecule has 0 saturated carbocycles. The molecule has 2 heterocycles. The minimum absolute atomic E-state index is 0.0792. The van der Waals surface area contributed by atoms with Gasteiger partial charge in [-0.1, -0.05) is 5.92 Å². The van der Waals surface area contributed by atoms with Gasteiger partial charge in [-0.3, -0.25) is 14.4 Å². The van der Waals surface area contributed by atoms with Crippen LogP contribution in [0.2, 0.25) is 0 Å². The minimum atomic E-state index is -0.365. The van der Waals surface area contributed by atoms with E-state index in [1.807, 2.05) is 0 Å². The number of hydrazone groups is 1. The monoisotopic (exact) mass is 334 g/mol. The number of carbonyl (C=O) groups excluding carboxylic acids is 3. The molecule has 1 fully saturated rings. The molecule has 1 saturated heterocycles. The van der Waals surface area contributed by atoms with Crippen LogP contribution in [0, 0.1) is 17.8 Å². The molecule has 0 aromatic heterocycles. The van der Waals surface area contributed by atoms with Gasteiger partial charge in [0.2, 0.25) is 11.8 Å². The van der Waals surface area contributed by atoms with Gasteiger partial charge in [-0.25, -0.2) is 5.01 Å². The van der Waals surface area contributed by atoms with Crippen LogP contribution in [0.5, 0.6) is 0 Å². The Morgan fingerprint density at radius 3 is 2.92 bits per heavy atom. The van der Waals surface area contributed by atoms with Gasteiger partial charge in [0.15, 0.2) is 0 Å². The number of ether oxygens (including phenoxy) is 1. The van der Waals surface area contributed by atoms with Crippen molar-refractivity contribution in [1.29, 1.82) is 0 Å². The van der Waals surface area contributed by atoms with E-state index in [9.17, 15) is 14.4 Å².